The van der Waals surface area contributed by atoms with Gasteiger partial charge in [-0.25, -0.2) is 4.79 Å². The molecule has 1 amide bonds. The summed E-state index contributed by atoms with van der Waals surface area (Å²) in [5.41, 5.74) is 2.51. The number of hydrogen-bond acceptors (Lipinski definition) is 4. The Morgan fingerprint density at radius 1 is 1.19 bits per heavy atom. The Morgan fingerprint density at radius 2 is 1.85 bits per heavy atom. The van der Waals surface area contributed by atoms with Gasteiger partial charge in [-0.05, 0) is 39.0 Å². The van der Waals surface area contributed by atoms with Crippen LogP contribution in [-0.4, -0.2) is 31.3 Å². The van der Waals surface area contributed by atoms with Crippen LogP contribution in [0.5, 0.6) is 0 Å². The molecule has 0 bridgehead atoms. The van der Waals surface area contributed by atoms with Gasteiger partial charge in [0, 0.05) is 18.4 Å². The summed E-state index contributed by atoms with van der Waals surface area (Å²) < 4.78 is 8.99. The molecule has 26 heavy (non-hydrogen) atoms. The summed E-state index contributed by atoms with van der Waals surface area (Å²) in [6.07, 6.45) is 1.51. The lowest BCUT2D eigenvalue weighted by atomic mass is 10.2. The number of nitrogens with zero attached hydrogens (tertiary/aromatic N) is 3. The van der Waals surface area contributed by atoms with Crippen LogP contribution < -0.4 is 5.32 Å². The molecule has 8 heteroatoms. The maximum Gasteiger partial charge on any atom is 0.339 e. The van der Waals surface area contributed by atoms with Crippen molar-refractivity contribution in [3.8, 4) is 5.82 Å². The lowest BCUT2D eigenvalue weighted by Crippen LogP contribution is -2.24. The molecule has 2 N–H and O–H groups in total. The number of hydrogen-bond donors (Lipinski definition) is 2. The van der Waals surface area contributed by atoms with Crippen molar-refractivity contribution >= 4 is 11.9 Å². The van der Waals surface area contributed by atoms with Crippen LogP contribution in [0.1, 0.15) is 43.6 Å². The molecule has 3 rings (SSSR count). The van der Waals surface area contributed by atoms with E-state index in [9.17, 15) is 9.59 Å². The molecule has 0 aliphatic heterocycles. The van der Waals surface area contributed by atoms with Crippen LogP contribution in [0, 0.1) is 20.8 Å². The number of amides is 1. The van der Waals surface area contributed by atoms with Crippen LogP contribution in [0.4, 0.5) is 0 Å². The summed E-state index contributed by atoms with van der Waals surface area (Å²) >= 11 is 0. The van der Waals surface area contributed by atoms with Gasteiger partial charge in [0.1, 0.15) is 28.5 Å². The fourth-order valence-electron chi connectivity index (χ4n) is 2.96. The van der Waals surface area contributed by atoms with Crippen molar-refractivity contribution < 1.29 is 19.1 Å². The highest BCUT2D eigenvalue weighted by Crippen LogP contribution is 2.20. The van der Waals surface area contributed by atoms with Gasteiger partial charge < -0.3 is 19.4 Å². The molecule has 0 aliphatic rings. The number of aromatic nitrogens is 3. The van der Waals surface area contributed by atoms with Crippen LogP contribution in [0.2, 0.25) is 0 Å². The van der Waals surface area contributed by atoms with E-state index in [2.05, 4.69) is 10.4 Å². The van der Waals surface area contributed by atoms with Gasteiger partial charge in [-0.15, -0.1) is 0 Å². The van der Waals surface area contributed by atoms with Gasteiger partial charge in [-0.2, -0.15) is 5.10 Å². The average molecular weight is 356 g/mol. The number of aromatic carboxylic acids is 1. The molecule has 0 saturated carbocycles. The molecule has 0 saturated heterocycles. The number of furan rings is 1. The second-order valence-corrected chi connectivity index (χ2v) is 6.13. The Kier molecular flexibility index (Phi) is 4.41. The molecule has 0 spiro atoms. The second-order valence-electron chi connectivity index (χ2n) is 6.13. The maximum absolute atomic E-state index is 12.7. The number of nitrogens with one attached hydrogen (secondary N) is 1. The van der Waals surface area contributed by atoms with E-state index in [4.69, 9.17) is 9.52 Å². The van der Waals surface area contributed by atoms with Gasteiger partial charge in [-0.1, -0.05) is 0 Å². The summed E-state index contributed by atoms with van der Waals surface area (Å²) in [7, 11) is 1.78. The number of rotatable bonds is 5. The zero-order valence-electron chi connectivity index (χ0n) is 15.0. The van der Waals surface area contributed by atoms with Gasteiger partial charge in [0.2, 0.25) is 0 Å². The lowest BCUT2D eigenvalue weighted by molar-refractivity contribution is 0.0694. The fourth-order valence-corrected chi connectivity index (χ4v) is 2.96. The first-order valence-corrected chi connectivity index (χ1v) is 8.07. The molecule has 0 unspecified atom stereocenters. The fraction of sp³-hybridized carbons (Fsp3) is 0.278. The zero-order chi connectivity index (χ0) is 19.0. The second kappa shape index (κ2) is 6.55. The SMILES string of the molecule is Cc1oc(CNC(=O)c2cnn(C)c2-n2c(C)ccc2C)cc1C(=O)O. The zero-order valence-corrected chi connectivity index (χ0v) is 15.0. The maximum atomic E-state index is 12.7. The minimum atomic E-state index is -1.06. The lowest BCUT2D eigenvalue weighted by Gasteiger charge is -2.12. The van der Waals surface area contributed by atoms with Gasteiger partial charge in [0.05, 0.1) is 12.7 Å². The van der Waals surface area contributed by atoms with E-state index in [1.54, 1.807) is 18.7 Å². The molecule has 0 aromatic carbocycles. The van der Waals surface area contributed by atoms with E-state index in [0.29, 0.717) is 22.9 Å². The molecular weight excluding hydrogens is 336 g/mol. The monoisotopic (exact) mass is 356 g/mol. The van der Waals surface area contributed by atoms with E-state index in [1.807, 2.05) is 30.5 Å². The van der Waals surface area contributed by atoms with Crippen LogP contribution in [0.25, 0.3) is 5.82 Å². The normalized spacial score (nSPS) is 10.9. The Bertz CT molecular complexity index is 974. The van der Waals surface area contributed by atoms with Crippen molar-refractivity contribution in [1.82, 2.24) is 19.7 Å². The standard InChI is InChI=1S/C18H20N4O4/c1-10-5-6-11(2)22(10)17-15(9-20-21(17)4)16(23)19-8-13-7-14(18(24)25)12(3)26-13/h5-7,9H,8H2,1-4H3,(H,19,23)(H,24,25). The van der Waals surface area contributed by atoms with Crippen molar-refractivity contribution in [3.05, 3.63) is 58.4 Å². The predicted octanol–water partition coefficient (Wildman–Crippen LogP) is 2.36. The molecule has 8 nitrogen and oxygen atoms in total. The topological polar surface area (TPSA) is 102 Å². The Labute approximate surface area is 150 Å². The van der Waals surface area contributed by atoms with Crippen LogP contribution >= 0.6 is 0 Å². The number of carbonyl (C=O) groups excluding carboxylic acids is 1. The molecule has 0 atom stereocenters. The third-order valence-electron chi connectivity index (χ3n) is 4.26. The summed E-state index contributed by atoms with van der Waals surface area (Å²) in [5.74, 6) is -0.0118. The first-order chi connectivity index (χ1) is 12.3. The molecule has 0 radical (unpaired) electrons. The van der Waals surface area contributed by atoms with Crippen molar-refractivity contribution in [2.75, 3.05) is 0 Å². The molecule has 3 aromatic heterocycles. The highest BCUT2D eigenvalue weighted by molar-refractivity contribution is 5.97. The van der Waals surface area contributed by atoms with Crippen LogP contribution in [0.15, 0.2) is 28.8 Å². The first-order valence-electron chi connectivity index (χ1n) is 8.07. The summed E-state index contributed by atoms with van der Waals surface area (Å²) in [6.45, 7) is 5.58. The van der Waals surface area contributed by atoms with Crippen molar-refractivity contribution in [2.24, 2.45) is 7.05 Å². The van der Waals surface area contributed by atoms with E-state index in [0.717, 1.165) is 11.4 Å². The highest BCUT2D eigenvalue weighted by Gasteiger charge is 2.20. The number of aryl methyl sites for hydroxylation is 4. The molecule has 0 aliphatic carbocycles. The van der Waals surface area contributed by atoms with Crippen molar-refractivity contribution in [1.29, 1.82) is 0 Å². The Morgan fingerprint density at radius 3 is 2.42 bits per heavy atom. The Hall–Kier alpha value is -3.29. The third kappa shape index (κ3) is 3.01. The third-order valence-corrected chi connectivity index (χ3v) is 4.26. The van der Waals surface area contributed by atoms with Crippen LogP contribution in [0.3, 0.4) is 0 Å². The highest BCUT2D eigenvalue weighted by atomic mass is 16.4. The molecule has 3 heterocycles. The molecule has 0 fully saturated rings. The quantitative estimate of drug-likeness (QED) is 0.730. The largest absolute Gasteiger partial charge is 0.478 e. The number of carbonyl (C=O) groups is 2. The summed E-state index contributed by atoms with van der Waals surface area (Å²) in [4.78, 5) is 23.7. The number of carboxylic acid groups (broad SMARTS) is 1. The average Bonchev–Trinajstić information content (AvgIpc) is 3.23. The predicted molar refractivity (Wildman–Crippen MR) is 93.6 cm³/mol. The van der Waals surface area contributed by atoms with Crippen LogP contribution in [-0.2, 0) is 13.6 Å². The van der Waals surface area contributed by atoms with Crippen molar-refractivity contribution in [2.45, 2.75) is 27.3 Å². The minimum Gasteiger partial charge on any atom is -0.478 e. The van der Waals surface area contributed by atoms with E-state index in [-0.39, 0.29) is 18.0 Å². The molecule has 136 valence electrons. The van der Waals surface area contributed by atoms with E-state index < -0.39 is 5.97 Å². The van der Waals surface area contributed by atoms with Gasteiger partial charge >= 0.3 is 5.97 Å². The number of carboxylic acids is 1. The minimum absolute atomic E-state index is 0.0882. The van der Waals surface area contributed by atoms with Gasteiger partial charge in [0.15, 0.2) is 0 Å². The molecular formula is C18H20N4O4. The van der Waals surface area contributed by atoms with E-state index in [1.165, 1.54) is 12.3 Å². The smallest absolute Gasteiger partial charge is 0.339 e. The first kappa shape index (κ1) is 17.5. The van der Waals surface area contributed by atoms with Gasteiger partial charge in [0.25, 0.3) is 5.91 Å². The van der Waals surface area contributed by atoms with Crippen molar-refractivity contribution in [3.63, 3.8) is 0 Å². The van der Waals surface area contributed by atoms with E-state index >= 15 is 0 Å². The summed E-state index contributed by atoms with van der Waals surface area (Å²) in [6, 6.07) is 5.37. The molecule has 3 aromatic rings. The summed E-state index contributed by atoms with van der Waals surface area (Å²) in [5, 5.41) is 16.0. The Balaban J connectivity index is 1.84. The van der Waals surface area contributed by atoms with Gasteiger partial charge in [-0.3, -0.25) is 9.48 Å².